The van der Waals surface area contributed by atoms with Gasteiger partial charge in [0, 0.05) is 24.7 Å². The van der Waals surface area contributed by atoms with E-state index in [1.54, 1.807) is 43.3 Å². The van der Waals surface area contributed by atoms with Crippen molar-refractivity contribution in [1.82, 2.24) is 10.6 Å². The van der Waals surface area contributed by atoms with Crippen molar-refractivity contribution >= 4 is 42.3 Å². The third-order valence-corrected chi connectivity index (χ3v) is 4.41. The fourth-order valence-electron chi connectivity index (χ4n) is 2.67. The molecule has 0 saturated heterocycles. The van der Waals surface area contributed by atoms with Crippen molar-refractivity contribution in [3.63, 3.8) is 0 Å². The second-order valence-corrected chi connectivity index (χ2v) is 6.53. The third kappa shape index (κ3) is 7.64. The predicted molar refractivity (Wildman–Crippen MR) is 120 cm³/mol. The average molecular weight is 467 g/mol. The van der Waals surface area contributed by atoms with Gasteiger partial charge in [-0.05, 0) is 31.5 Å². The quantitative estimate of drug-likeness (QED) is 0.504. The number of nitrogens with one attached hydrogen (secondary N) is 2. The van der Waals surface area contributed by atoms with E-state index >= 15 is 4.39 Å². The molecule has 2 rings (SSSR count). The number of carbonyl (C=O) groups excluding carboxylic acids is 1. The Bertz CT molecular complexity index is 766. The second-order valence-electron chi connectivity index (χ2n) is 6.12. The van der Waals surface area contributed by atoms with E-state index in [-0.39, 0.29) is 47.5 Å². The maximum atomic E-state index is 15.1. The van der Waals surface area contributed by atoms with Crippen molar-refractivity contribution < 1.29 is 13.9 Å². The van der Waals surface area contributed by atoms with Gasteiger partial charge < -0.3 is 15.8 Å². The van der Waals surface area contributed by atoms with Crippen LogP contribution >= 0.6 is 36.4 Å². The topological polar surface area (TPSA) is 76.4 Å². The van der Waals surface area contributed by atoms with Crippen LogP contribution in [0.25, 0.3) is 0 Å². The molecule has 5 nitrogen and oxygen atoms in total. The molecule has 0 aliphatic rings. The predicted octanol–water partition coefficient (Wildman–Crippen LogP) is 4.62. The number of hydrogen-bond acceptors (Lipinski definition) is 4. The molecule has 162 valence electrons. The first-order chi connectivity index (χ1) is 13.0. The van der Waals surface area contributed by atoms with Crippen LogP contribution in [0.1, 0.15) is 31.9 Å². The molecule has 1 amide bonds. The first-order valence-corrected chi connectivity index (χ1v) is 9.30. The fraction of sp³-hybridized carbons (Fsp3) is 0.350. The van der Waals surface area contributed by atoms with Crippen LogP contribution in [0.5, 0.6) is 11.5 Å². The number of hydrogen-bond donors (Lipinski definition) is 3. The molecule has 2 aromatic carbocycles. The summed E-state index contributed by atoms with van der Waals surface area (Å²) in [7, 11) is 0. The summed E-state index contributed by atoms with van der Waals surface area (Å²) in [5, 5.41) is 6.05. The highest BCUT2D eigenvalue weighted by molar-refractivity contribution is 6.32. The van der Waals surface area contributed by atoms with Gasteiger partial charge in [-0.3, -0.25) is 10.1 Å². The molecule has 9 heteroatoms. The van der Waals surface area contributed by atoms with Crippen molar-refractivity contribution in [2.24, 2.45) is 5.73 Å². The number of nitrogens with two attached hydrogens (primary N) is 1. The van der Waals surface area contributed by atoms with E-state index in [1.807, 2.05) is 13.0 Å². The zero-order valence-corrected chi connectivity index (χ0v) is 18.7. The fourth-order valence-corrected chi connectivity index (χ4v) is 2.85. The Morgan fingerprint density at radius 1 is 1.21 bits per heavy atom. The average Bonchev–Trinajstić information content (AvgIpc) is 2.68. The number of benzene rings is 2. The Kier molecular flexibility index (Phi) is 12.9. The molecule has 0 radical (unpaired) electrons. The standard InChI is InChI=1S/C20H25ClFN3O2.2ClH/c1-3-17(25-13(2)20(26)24-12-11-23)15-9-10-16(21)19(18(15)22)27-14-7-5-4-6-8-14;;/h4-10,13,17,25H,3,11-12,23H2,1-2H3,(H,24,26);2*1H/t13-,17+;;/m0../s1. The number of rotatable bonds is 9. The first kappa shape index (κ1) is 27.4. The Labute approximate surface area is 188 Å². The Morgan fingerprint density at radius 3 is 2.45 bits per heavy atom. The zero-order valence-electron chi connectivity index (χ0n) is 16.3. The number of ether oxygens (including phenoxy) is 1. The van der Waals surface area contributed by atoms with Gasteiger partial charge in [-0.15, -0.1) is 24.8 Å². The summed E-state index contributed by atoms with van der Waals surface area (Å²) in [5.74, 6) is -0.263. The SMILES string of the molecule is CC[C@@H](N[C@@H](C)C(=O)NCCN)c1ccc(Cl)c(Oc2ccccc2)c1F.Cl.Cl. The number of para-hydroxylation sites is 1. The van der Waals surface area contributed by atoms with Crippen LogP contribution in [0.15, 0.2) is 42.5 Å². The molecule has 0 spiro atoms. The van der Waals surface area contributed by atoms with E-state index in [2.05, 4.69) is 10.6 Å². The zero-order chi connectivity index (χ0) is 19.8. The third-order valence-electron chi connectivity index (χ3n) is 4.11. The van der Waals surface area contributed by atoms with Gasteiger partial charge in [0.1, 0.15) is 5.75 Å². The highest BCUT2D eigenvalue weighted by atomic mass is 35.5. The normalized spacial score (nSPS) is 12.2. The lowest BCUT2D eigenvalue weighted by atomic mass is 10.0. The maximum absolute atomic E-state index is 15.1. The lowest BCUT2D eigenvalue weighted by Gasteiger charge is -2.23. The van der Waals surface area contributed by atoms with Gasteiger partial charge in [-0.25, -0.2) is 4.39 Å². The lowest BCUT2D eigenvalue weighted by molar-refractivity contribution is -0.122. The molecule has 0 aliphatic carbocycles. The van der Waals surface area contributed by atoms with Crippen LogP contribution in [-0.4, -0.2) is 25.0 Å². The minimum Gasteiger partial charge on any atom is -0.453 e. The van der Waals surface area contributed by atoms with E-state index < -0.39 is 11.9 Å². The molecule has 0 bridgehead atoms. The minimum atomic E-state index is -0.541. The largest absolute Gasteiger partial charge is 0.453 e. The van der Waals surface area contributed by atoms with Crippen molar-refractivity contribution in [3.8, 4) is 11.5 Å². The van der Waals surface area contributed by atoms with E-state index in [9.17, 15) is 4.79 Å². The van der Waals surface area contributed by atoms with Gasteiger partial charge >= 0.3 is 0 Å². The molecular formula is C20H27Cl3FN3O2. The van der Waals surface area contributed by atoms with Crippen LogP contribution in [0.4, 0.5) is 4.39 Å². The van der Waals surface area contributed by atoms with Crippen molar-refractivity contribution in [2.45, 2.75) is 32.4 Å². The number of halogens is 4. The Hall–Kier alpha value is -1.57. The number of carbonyl (C=O) groups is 1. The molecule has 2 atom stereocenters. The van der Waals surface area contributed by atoms with Crippen LogP contribution in [0.2, 0.25) is 5.02 Å². The summed E-state index contributed by atoms with van der Waals surface area (Å²) >= 11 is 6.15. The van der Waals surface area contributed by atoms with E-state index in [0.29, 0.717) is 30.8 Å². The van der Waals surface area contributed by atoms with Gasteiger partial charge in [0.2, 0.25) is 5.91 Å². The minimum absolute atomic E-state index is 0. The van der Waals surface area contributed by atoms with Crippen molar-refractivity contribution in [3.05, 3.63) is 58.9 Å². The Morgan fingerprint density at radius 2 is 1.86 bits per heavy atom. The smallest absolute Gasteiger partial charge is 0.236 e. The molecule has 0 heterocycles. The Balaban J connectivity index is 0.00000392. The molecule has 0 saturated carbocycles. The molecule has 0 unspecified atom stereocenters. The van der Waals surface area contributed by atoms with E-state index in [1.165, 1.54) is 0 Å². The lowest BCUT2D eigenvalue weighted by Crippen LogP contribution is -2.45. The first-order valence-electron chi connectivity index (χ1n) is 8.92. The molecule has 0 aromatic heterocycles. The summed E-state index contributed by atoms with van der Waals surface area (Å²) < 4.78 is 20.8. The van der Waals surface area contributed by atoms with Gasteiger partial charge in [0.25, 0.3) is 0 Å². The second kappa shape index (κ2) is 13.6. The van der Waals surface area contributed by atoms with Crippen LogP contribution in [0.3, 0.4) is 0 Å². The maximum Gasteiger partial charge on any atom is 0.236 e. The molecule has 29 heavy (non-hydrogen) atoms. The van der Waals surface area contributed by atoms with Gasteiger partial charge in [0.05, 0.1) is 11.1 Å². The summed E-state index contributed by atoms with van der Waals surface area (Å²) in [6, 6.07) is 11.2. The summed E-state index contributed by atoms with van der Waals surface area (Å²) in [5.41, 5.74) is 5.79. The molecule has 0 aliphatic heterocycles. The summed E-state index contributed by atoms with van der Waals surface area (Å²) in [6.07, 6.45) is 0.581. The molecular weight excluding hydrogens is 440 g/mol. The summed E-state index contributed by atoms with van der Waals surface area (Å²) in [6.45, 7) is 4.39. The molecule has 2 aromatic rings. The summed E-state index contributed by atoms with van der Waals surface area (Å²) in [4.78, 5) is 12.1. The van der Waals surface area contributed by atoms with E-state index in [0.717, 1.165) is 0 Å². The monoisotopic (exact) mass is 465 g/mol. The van der Waals surface area contributed by atoms with Gasteiger partial charge in [-0.2, -0.15) is 0 Å². The molecule has 0 fully saturated rings. The van der Waals surface area contributed by atoms with Gasteiger partial charge in [0.15, 0.2) is 11.6 Å². The highest BCUT2D eigenvalue weighted by Gasteiger charge is 2.23. The highest BCUT2D eigenvalue weighted by Crippen LogP contribution is 2.36. The van der Waals surface area contributed by atoms with Crippen LogP contribution in [0, 0.1) is 5.82 Å². The molecule has 4 N–H and O–H groups in total. The van der Waals surface area contributed by atoms with Crippen LogP contribution < -0.4 is 21.1 Å². The van der Waals surface area contributed by atoms with Crippen LogP contribution in [-0.2, 0) is 4.79 Å². The number of amides is 1. The van der Waals surface area contributed by atoms with Gasteiger partial charge in [-0.1, -0.05) is 42.8 Å². The van der Waals surface area contributed by atoms with Crippen molar-refractivity contribution in [1.29, 1.82) is 0 Å². The van der Waals surface area contributed by atoms with E-state index in [4.69, 9.17) is 22.1 Å². The van der Waals surface area contributed by atoms with Crippen molar-refractivity contribution in [2.75, 3.05) is 13.1 Å².